The Labute approximate surface area is 126 Å². The van der Waals surface area contributed by atoms with Gasteiger partial charge in [0.25, 0.3) is 0 Å². The lowest BCUT2D eigenvalue weighted by Crippen LogP contribution is -2.44. The van der Waals surface area contributed by atoms with Crippen LogP contribution in [0.3, 0.4) is 0 Å². The summed E-state index contributed by atoms with van der Waals surface area (Å²) in [7, 11) is -0.967. The Morgan fingerprint density at radius 1 is 0.952 bits per heavy atom. The highest BCUT2D eigenvalue weighted by Crippen LogP contribution is 2.20. The topological polar surface area (TPSA) is 27.7 Å². The third kappa shape index (κ3) is 6.21. The molecule has 0 aliphatic heterocycles. The summed E-state index contributed by atoms with van der Waals surface area (Å²) in [5, 5.41) is 0. The molecule has 0 saturated heterocycles. The zero-order valence-electron chi connectivity index (χ0n) is 13.0. The van der Waals surface area contributed by atoms with Crippen molar-refractivity contribution in [2.24, 2.45) is 0 Å². The van der Waals surface area contributed by atoms with Gasteiger partial charge in [-0.25, -0.2) is 8.78 Å². The molecule has 0 N–H and O–H groups in total. The van der Waals surface area contributed by atoms with Crippen LogP contribution in [0.5, 0.6) is 0 Å². The van der Waals surface area contributed by atoms with E-state index in [-0.39, 0.29) is 0 Å². The lowest BCUT2D eigenvalue weighted by atomic mass is 10.1. The number of aryl methyl sites for hydroxylation is 1. The minimum atomic E-state index is -2.58. The van der Waals surface area contributed by atoms with Crippen LogP contribution >= 0.6 is 0 Å². The summed E-state index contributed by atoms with van der Waals surface area (Å²) in [5.41, 5.74) is 0.671. The summed E-state index contributed by atoms with van der Waals surface area (Å²) >= 11 is 0. The first kappa shape index (κ1) is 18.2. The number of halogens is 2. The van der Waals surface area contributed by atoms with Crippen LogP contribution < -0.4 is 0 Å². The lowest BCUT2D eigenvalue weighted by Gasteiger charge is -2.27. The van der Waals surface area contributed by atoms with E-state index >= 15 is 0 Å². The summed E-state index contributed by atoms with van der Waals surface area (Å²) in [6.45, 7) is 4.93. The van der Waals surface area contributed by atoms with Gasteiger partial charge in [0.2, 0.25) is 0 Å². The van der Waals surface area contributed by atoms with Gasteiger partial charge in [-0.2, -0.15) is 0 Å². The molecular formula is C15H24F2O3Si. The van der Waals surface area contributed by atoms with Crippen molar-refractivity contribution in [1.29, 1.82) is 0 Å². The molecular weight excluding hydrogens is 294 g/mol. The molecule has 0 saturated carbocycles. The summed E-state index contributed by atoms with van der Waals surface area (Å²) in [6.07, 6.45) is 2.26. The van der Waals surface area contributed by atoms with Crippen LogP contribution in [0.4, 0.5) is 8.78 Å². The minimum Gasteiger partial charge on any atom is -0.377 e. The standard InChI is InChI=1S/C15H24F2O3Si/c1-4-19-21(18-3,20-5-2)9-7-6-8-13-10-14(16)12-15(17)11-13/h10-12H,4-9H2,1-3H3. The first-order chi connectivity index (χ1) is 10.0. The molecule has 1 aromatic carbocycles. The molecule has 0 fully saturated rings. The van der Waals surface area contributed by atoms with Gasteiger partial charge in [0.05, 0.1) is 0 Å². The smallest absolute Gasteiger partial charge is 0.377 e. The van der Waals surface area contributed by atoms with Crippen molar-refractivity contribution in [2.45, 2.75) is 39.2 Å². The summed E-state index contributed by atoms with van der Waals surface area (Å²) in [6, 6.07) is 4.34. The highest BCUT2D eigenvalue weighted by molar-refractivity contribution is 6.60. The van der Waals surface area contributed by atoms with Gasteiger partial charge in [-0.3, -0.25) is 0 Å². The van der Waals surface area contributed by atoms with E-state index in [0.717, 1.165) is 18.9 Å². The normalized spacial score (nSPS) is 11.9. The van der Waals surface area contributed by atoms with Crippen molar-refractivity contribution in [2.75, 3.05) is 20.3 Å². The van der Waals surface area contributed by atoms with Gasteiger partial charge in [0, 0.05) is 32.4 Å². The van der Waals surface area contributed by atoms with E-state index in [1.807, 2.05) is 13.8 Å². The molecule has 1 aromatic rings. The Balaban J connectivity index is 2.46. The highest BCUT2D eigenvalue weighted by Gasteiger charge is 2.38. The Bertz CT molecular complexity index is 403. The Hall–Kier alpha value is -0.823. The van der Waals surface area contributed by atoms with E-state index in [2.05, 4.69) is 0 Å². The molecule has 0 amide bonds. The second kappa shape index (κ2) is 9.25. The van der Waals surface area contributed by atoms with Gasteiger partial charge in [0.1, 0.15) is 11.6 Å². The summed E-state index contributed by atoms with van der Waals surface area (Å²) in [4.78, 5) is 0. The quantitative estimate of drug-likeness (QED) is 0.483. The zero-order valence-corrected chi connectivity index (χ0v) is 14.0. The van der Waals surface area contributed by atoms with Crippen LogP contribution in [0.15, 0.2) is 18.2 Å². The van der Waals surface area contributed by atoms with Crippen molar-refractivity contribution in [3.05, 3.63) is 35.4 Å². The fourth-order valence-electron chi connectivity index (χ4n) is 2.27. The van der Waals surface area contributed by atoms with E-state index in [1.165, 1.54) is 12.1 Å². The fraction of sp³-hybridized carbons (Fsp3) is 0.600. The van der Waals surface area contributed by atoms with Crippen molar-refractivity contribution >= 4 is 8.80 Å². The zero-order chi connectivity index (χ0) is 15.7. The van der Waals surface area contributed by atoms with Gasteiger partial charge >= 0.3 is 8.80 Å². The van der Waals surface area contributed by atoms with Gasteiger partial charge in [-0.15, -0.1) is 0 Å². The number of unbranched alkanes of at least 4 members (excludes halogenated alkanes) is 1. The van der Waals surface area contributed by atoms with Crippen LogP contribution in [0, 0.1) is 11.6 Å². The third-order valence-electron chi connectivity index (χ3n) is 3.16. The SMILES string of the molecule is CCO[Si](CCCCc1cc(F)cc(F)c1)(OC)OCC. The molecule has 0 heterocycles. The molecule has 120 valence electrons. The number of hydrogen-bond acceptors (Lipinski definition) is 3. The van der Waals surface area contributed by atoms with Crippen molar-refractivity contribution in [3.63, 3.8) is 0 Å². The summed E-state index contributed by atoms with van der Waals surface area (Å²) in [5.74, 6) is -1.07. The van der Waals surface area contributed by atoms with Crippen molar-refractivity contribution in [3.8, 4) is 0 Å². The van der Waals surface area contributed by atoms with Gasteiger partial charge in [0.15, 0.2) is 0 Å². The van der Waals surface area contributed by atoms with Crippen LogP contribution in [-0.4, -0.2) is 29.1 Å². The van der Waals surface area contributed by atoms with Crippen LogP contribution in [0.2, 0.25) is 6.04 Å². The molecule has 0 spiro atoms. The van der Waals surface area contributed by atoms with Crippen LogP contribution in [-0.2, 0) is 19.7 Å². The number of benzene rings is 1. The molecule has 0 radical (unpaired) electrons. The fourth-order valence-corrected chi connectivity index (χ4v) is 4.65. The first-order valence-electron chi connectivity index (χ1n) is 7.33. The highest BCUT2D eigenvalue weighted by atomic mass is 28.4. The monoisotopic (exact) mass is 318 g/mol. The van der Waals surface area contributed by atoms with Crippen LogP contribution in [0.1, 0.15) is 32.3 Å². The van der Waals surface area contributed by atoms with Crippen LogP contribution in [0.25, 0.3) is 0 Å². The Morgan fingerprint density at radius 3 is 2.00 bits per heavy atom. The largest absolute Gasteiger partial charge is 0.500 e. The van der Waals surface area contributed by atoms with E-state index in [0.29, 0.717) is 31.2 Å². The maximum Gasteiger partial charge on any atom is 0.500 e. The molecule has 0 aliphatic carbocycles. The number of rotatable bonds is 10. The molecule has 3 nitrogen and oxygen atoms in total. The first-order valence-corrected chi connectivity index (χ1v) is 9.26. The van der Waals surface area contributed by atoms with Crippen molar-refractivity contribution in [1.82, 2.24) is 0 Å². The maximum absolute atomic E-state index is 13.1. The lowest BCUT2D eigenvalue weighted by molar-refractivity contribution is 0.0860. The van der Waals surface area contributed by atoms with E-state index in [1.54, 1.807) is 7.11 Å². The van der Waals surface area contributed by atoms with E-state index in [4.69, 9.17) is 13.3 Å². The van der Waals surface area contributed by atoms with E-state index in [9.17, 15) is 8.78 Å². The summed E-state index contributed by atoms with van der Waals surface area (Å²) < 4.78 is 43.0. The molecule has 21 heavy (non-hydrogen) atoms. The molecule has 0 bridgehead atoms. The van der Waals surface area contributed by atoms with Gasteiger partial charge in [-0.05, 0) is 50.8 Å². The number of hydrogen-bond donors (Lipinski definition) is 0. The predicted octanol–water partition coefficient (Wildman–Crippen LogP) is 3.95. The molecule has 0 unspecified atom stereocenters. The van der Waals surface area contributed by atoms with Gasteiger partial charge < -0.3 is 13.3 Å². The minimum absolute atomic E-state index is 0.533. The Morgan fingerprint density at radius 2 is 1.52 bits per heavy atom. The van der Waals surface area contributed by atoms with Gasteiger partial charge in [-0.1, -0.05) is 0 Å². The molecule has 0 aromatic heterocycles. The average molecular weight is 318 g/mol. The average Bonchev–Trinajstić information content (AvgIpc) is 2.43. The van der Waals surface area contributed by atoms with Crippen molar-refractivity contribution < 1.29 is 22.1 Å². The second-order valence-electron chi connectivity index (χ2n) is 4.74. The Kier molecular flexibility index (Phi) is 8.03. The second-order valence-corrected chi connectivity index (χ2v) is 7.59. The predicted molar refractivity (Wildman–Crippen MR) is 80.1 cm³/mol. The molecule has 0 aliphatic rings. The van der Waals surface area contributed by atoms with E-state index < -0.39 is 20.4 Å². The molecule has 1 rings (SSSR count). The molecule has 6 heteroatoms. The maximum atomic E-state index is 13.1. The third-order valence-corrected chi connectivity index (χ3v) is 6.21. The molecule has 0 atom stereocenters.